The van der Waals surface area contributed by atoms with Crippen LogP contribution in [0.15, 0.2) is 64.3 Å². The number of aromatic nitrogens is 2. The zero-order chi connectivity index (χ0) is 19.7. The quantitative estimate of drug-likeness (QED) is 0.730. The first kappa shape index (κ1) is 18.2. The fraction of sp³-hybridized carbons (Fsp3) is 0.200. The number of hydrogen-bond donors (Lipinski definition) is 1. The van der Waals surface area contributed by atoms with Gasteiger partial charge in [0.1, 0.15) is 0 Å². The molecule has 0 saturated heterocycles. The van der Waals surface area contributed by atoms with Crippen LogP contribution in [0.5, 0.6) is 0 Å². The summed E-state index contributed by atoms with van der Waals surface area (Å²) in [5.41, 5.74) is 2.42. The van der Waals surface area contributed by atoms with Crippen molar-refractivity contribution in [3.63, 3.8) is 0 Å². The van der Waals surface area contributed by atoms with Gasteiger partial charge in [-0.05, 0) is 30.2 Å². The number of nitrogens with zero attached hydrogens (tertiary/aromatic N) is 3. The van der Waals surface area contributed by atoms with E-state index in [4.69, 9.17) is 5.26 Å². The fourth-order valence-corrected chi connectivity index (χ4v) is 4.87. The SMILES string of the molecule is N#Cc1cccc(S(=O)(=O)N2CCc3c([nH]n(Cc4ccccc4)c3=O)C2)c1. The largest absolute Gasteiger partial charge is 0.298 e. The zero-order valence-electron chi connectivity index (χ0n) is 15.0. The van der Waals surface area contributed by atoms with Crippen molar-refractivity contribution >= 4 is 10.0 Å². The molecule has 28 heavy (non-hydrogen) atoms. The van der Waals surface area contributed by atoms with Gasteiger partial charge < -0.3 is 0 Å². The minimum atomic E-state index is -3.75. The maximum Gasteiger partial charge on any atom is 0.270 e. The Bertz CT molecular complexity index is 1220. The first-order chi connectivity index (χ1) is 13.5. The molecule has 1 aliphatic rings. The Balaban J connectivity index is 1.62. The number of fused-ring (bicyclic) bond motifs is 1. The predicted molar refractivity (Wildman–Crippen MR) is 103 cm³/mol. The molecule has 1 aromatic heterocycles. The number of hydrogen-bond acceptors (Lipinski definition) is 4. The van der Waals surface area contributed by atoms with Crippen LogP contribution in [0.1, 0.15) is 22.4 Å². The van der Waals surface area contributed by atoms with Crippen LogP contribution in [0.2, 0.25) is 0 Å². The monoisotopic (exact) mass is 394 g/mol. The number of sulfonamides is 1. The van der Waals surface area contributed by atoms with Crippen LogP contribution in [0.3, 0.4) is 0 Å². The van der Waals surface area contributed by atoms with Gasteiger partial charge in [-0.15, -0.1) is 0 Å². The van der Waals surface area contributed by atoms with E-state index in [0.29, 0.717) is 29.8 Å². The second-order valence-corrected chi connectivity index (χ2v) is 8.61. The normalized spacial score (nSPS) is 14.4. The summed E-state index contributed by atoms with van der Waals surface area (Å²) in [5, 5.41) is 12.1. The molecule has 4 rings (SSSR count). The molecule has 7 nitrogen and oxygen atoms in total. The van der Waals surface area contributed by atoms with Crippen molar-refractivity contribution in [2.45, 2.75) is 24.4 Å². The Labute approximate surface area is 162 Å². The van der Waals surface area contributed by atoms with Crippen molar-refractivity contribution in [1.82, 2.24) is 14.1 Å². The minimum Gasteiger partial charge on any atom is -0.298 e. The number of benzene rings is 2. The minimum absolute atomic E-state index is 0.0843. The molecule has 0 radical (unpaired) electrons. The lowest BCUT2D eigenvalue weighted by Gasteiger charge is -2.25. The highest BCUT2D eigenvalue weighted by Crippen LogP contribution is 2.23. The summed E-state index contributed by atoms with van der Waals surface area (Å²) in [6, 6.07) is 17.5. The molecule has 0 saturated carbocycles. The van der Waals surface area contributed by atoms with Gasteiger partial charge in [-0.25, -0.2) is 13.1 Å². The van der Waals surface area contributed by atoms with Gasteiger partial charge in [-0.2, -0.15) is 9.57 Å². The Morgan fingerprint density at radius 2 is 1.89 bits per heavy atom. The van der Waals surface area contributed by atoms with Gasteiger partial charge >= 0.3 is 0 Å². The van der Waals surface area contributed by atoms with Gasteiger partial charge in [0.05, 0.1) is 35.3 Å². The first-order valence-corrected chi connectivity index (χ1v) is 10.3. The number of nitriles is 1. The topological polar surface area (TPSA) is 99.0 Å². The van der Waals surface area contributed by atoms with Crippen molar-refractivity contribution < 1.29 is 8.42 Å². The van der Waals surface area contributed by atoms with E-state index in [2.05, 4.69) is 5.10 Å². The van der Waals surface area contributed by atoms with Crippen LogP contribution < -0.4 is 5.56 Å². The summed E-state index contributed by atoms with van der Waals surface area (Å²) in [6.45, 7) is 0.736. The molecule has 1 N–H and O–H groups in total. The van der Waals surface area contributed by atoms with E-state index in [1.54, 1.807) is 12.1 Å². The van der Waals surface area contributed by atoms with E-state index in [9.17, 15) is 13.2 Å². The van der Waals surface area contributed by atoms with Gasteiger partial charge in [-0.3, -0.25) is 9.89 Å². The Kier molecular flexibility index (Phi) is 4.63. The highest BCUT2D eigenvalue weighted by Gasteiger charge is 2.31. The Morgan fingerprint density at radius 3 is 2.64 bits per heavy atom. The van der Waals surface area contributed by atoms with E-state index >= 15 is 0 Å². The summed E-state index contributed by atoms with van der Waals surface area (Å²) in [5.74, 6) is 0. The predicted octanol–water partition coefficient (Wildman–Crippen LogP) is 1.84. The standard InChI is InChI=1S/C20H18N4O3S/c21-12-16-7-4-8-17(11-16)28(26,27)23-10-9-18-19(14-23)22-24(20(18)25)13-15-5-2-1-3-6-15/h1-8,11,22H,9-10,13-14H2. The van der Waals surface area contributed by atoms with Crippen LogP contribution >= 0.6 is 0 Å². The van der Waals surface area contributed by atoms with E-state index in [1.165, 1.54) is 21.1 Å². The maximum atomic E-state index is 13.0. The maximum absolute atomic E-state index is 13.0. The van der Waals surface area contributed by atoms with Gasteiger partial charge in [0.15, 0.2) is 0 Å². The molecular weight excluding hydrogens is 376 g/mol. The summed E-state index contributed by atoms with van der Waals surface area (Å²) in [6.07, 6.45) is 0.351. The average molecular weight is 394 g/mol. The number of rotatable bonds is 4. The first-order valence-electron chi connectivity index (χ1n) is 8.84. The molecule has 142 valence electrons. The van der Waals surface area contributed by atoms with Crippen LogP contribution in [0, 0.1) is 11.3 Å². The van der Waals surface area contributed by atoms with Crippen molar-refractivity contribution in [3.05, 3.63) is 87.3 Å². The van der Waals surface area contributed by atoms with Gasteiger partial charge in [0.25, 0.3) is 5.56 Å². The molecule has 0 bridgehead atoms. The highest BCUT2D eigenvalue weighted by molar-refractivity contribution is 7.89. The lowest BCUT2D eigenvalue weighted by atomic mass is 10.1. The lowest BCUT2D eigenvalue weighted by molar-refractivity contribution is 0.386. The molecule has 1 aliphatic heterocycles. The number of H-pyrrole nitrogens is 1. The highest BCUT2D eigenvalue weighted by atomic mass is 32.2. The second-order valence-electron chi connectivity index (χ2n) is 6.67. The summed E-state index contributed by atoms with van der Waals surface area (Å²) in [4.78, 5) is 12.7. The van der Waals surface area contributed by atoms with Gasteiger partial charge in [0, 0.05) is 12.1 Å². The molecule has 2 heterocycles. The average Bonchev–Trinajstić information content (AvgIpc) is 3.03. The Hall–Kier alpha value is -3.15. The smallest absolute Gasteiger partial charge is 0.270 e. The van der Waals surface area contributed by atoms with Crippen LogP contribution in [-0.4, -0.2) is 29.0 Å². The molecule has 0 amide bonds. The molecule has 0 fully saturated rings. The number of aromatic amines is 1. The summed E-state index contributed by atoms with van der Waals surface area (Å²) in [7, 11) is -3.75. The zero-order valence-corrected chi connectivity index (χ0v) is 15.8. The molecule has 3 aromatic rings. The lowest BCUT2D eigenvalue weighted by Crippen LogP contribution is -2.37. The fourth-order valence-electron chi connectivity index (χ4n) is 3.41. The third-order valence-corrected chi connectivity index (χ3v) is 6.71. The third kappa shape index (κ3) is 3.26. The molecule has 0 spiro atoms. The molecule has 0 aliphatic carbocycles. The van der Waals surface area contributed by atoms with Crippen LogP contribution in [-0.2, 0) is 29.5 Å². The van der Waals surface area contributed by atoms with E-state index < -0.39 is 10.0 Å². The Morgan fingerprint density at radius 1 is 1.11 bits per heavy atom. The van der Waals surface area contributed by atoms with Crippen molar-refractivity contribution in [2.24, 2.45) is 0 Å². The van der Waals surface area contributed by atoms with E-state index in [1.807, 2.05) is 36.4 Å². The van der Waals surface area contributed by atoms with E-state index in [-0.39, 0.29) is 23.5 Å². The van der Waals surface area contributed by atoms with Crippen LogP contribution in [0.25, 0.3) is 0 Å². The molecular formula is C20H18N4O3S. The molecule has 0 atom stereocenters. The third-order valence-electron chi connectivity index (χ3n) is 4.87. The second kappa shape index (κ2) is 7.11. The molecule has 8 heteroatoms. The number of nitrogens with one attached hydrogen (secondary N) is 1. The van der Waals surface area contributed by atoms with Gasteiger partial charge in [-0.1, -0.05) is 36.4 Å². The van der Waals surface area contributed by atoms with Crippen molar-refractivity contribution in [3.8, 4) is 6.07 Å². The van der Waals surface area contributed by atoms with Crippen LogP contribution in [0.4, 0.5) is 0 Å². The molecule has 0 unspecified atom stereocenters. The summed E-state index contributed by atoms with van der Waals surface area (Å²) < 4.78 is 28.8. The van der Waals surface area contributed by atoms with Crippen molar-refractivity contribution in [2.75, 3.05) is 6.54 Å². The summed E-state index contributed by atoms with van der Waals surface area (Å²) >= 11 is 0. The van der Waals surface area contributed by atoms with Gasteiger partial charge in [0.2, 0.25) is 10.0 Å². The van der Waals surface area contributed by atoms with E-state index in [0.717, 1.165) is 5.56 Å². The molecule has 2 aromatic carbocycles. The van der Waals surface area contributed by atoms with Crippen molar-refractivity contribution in [1.29, 1.82) is 5.26 Å².